The second kappa shape index (κ2) is 5.85. The lowest BCUT2D eigenvalue weighted by atomic mass is 10.00. The first kappa shape index (κ1) is 15.8. The average Bonchev–Trinajstić information content (AvgIpc) is 2.99. The number of hydrogen-bond donors (Lipinski definition) is 1. The number of rotatable bonds is 4. The first-order chi connectivity index (χ1) is 10.5. The summed E-state index contributed by atoms with van der Waals surface area (Å²) >= 11 is 0. The molecule has 4 nitrogen and oxygen atoms in total. The molecule has 0 spiro atoms. The fourth-order valence-electron chi connectivity index (χ4n) is 3.88. The van der Waals surface area contributed by atoms with Gasteiger partial charge in [-0.1, -0.05) is 32.0 Å². The second-order valence-electron chi connectivity index (χ2n) is 6.55. The van der Waals surface area contributed by atoms with Gasteiger partial charge in [0.2, 0.25) is 0 Å². The molecule has 1 saturated heterocycles. The van der Waals surface area contributed by atoms with Crippen LogP contribution in [0, 0.1) is 0 Å². The van der Waals surface area contributed by atoms with Crippen LogP contribution in [0.25, 0.3) is 0 Å². The predicted octanol–water partition coefficient (Wildman–Crippen LogP) is 2.44. The van der Waals surface area contributed by atoms with E-state index < -0.39 is 14.6 Å². The Kier molecular flexibility index (Phi) is 4.21. The molecule has 0 bridgehead atoms. The predicted molar refractivity (Wildman–Crippen MR) is 91.0 cm³/mol. The van der Waals surface area contributed by atoms with Gasteiger partial charge in [-0.2, -0.15) is 0 Å². The van der Waals surface area contributed by atoms with Gasteiger partial charge in [-0.05, 0) is 30.4 Å². The van der Waals surface area contributed by atoms with E-state index in [1.807, 2.05) is 13.8 Å². The number of nitrogens with one attached hydrogen (secondary N) is 1. The van der Waals surface area contributed by atoms with Crippen LogP contribution < -0.4 is 5.32 Å². The standard InChI is InChI=1S/C17H26N2O2S/c1-3-17(4-2)13-19(10-11-22(17,20)21)12-15-7-5-6-14-8-9-18-16(14)15/h5-7,18H,3-4,8-13H2,1-2H3. The van der Waals surface area contributed by atoms with E-state index in [0.717, 1.165) is 19.5 Å². The zero-order valence-corrected chi connectivity index (χ0v) is 14.4. The largest absolute Gasteiger partial charge is 0.384 e. The quantitative estimate of drug-likeness (QED) is 0.925. The molecular formula is C17H26N2O2S. The maximum absolute atomic E-state index is 12.5. The maximum atomic E-state index is 12.5. The average molecular weight is 322 g/mol. The Labute approximate surface area is 133 Å². The topological polar surface area (TPSA) is 49.4 Å². The lowest BCUT2D eigenvalue weighted by Gasteiger charge is -2.41. The van der Waals surface area contributed by atoms with Crippen molar-refractivity contribution in [2.24, 2.45) is 0 Å². The van der Waals surface area contributed by atoms with E-state index in [1.54, 1.807) is 0 Å². The molecule has 0 radical (unpaired) electrons. The zero-order chi connectivity index (χ0) is 15.8. The van der Waals surface area contributed by atoms with Crippen molar-refractivity contribution >= 4 is 15.5 Å². The van der Waals surface area contributed by atoms with Gasteiger partial charge in [0.15, 0.2) is 9.84 Å². The molecule has 0 saturated carbocycles. The zero-order valence-electron chi connectivity index (χ0n) is 13.6. The van der Waals surface area contributed by atoms with Crippen molar-refractivity contribution in [3.05, 3.63) is 29.3 Å². The van der Waals surface area contributed by atoms with Crippen molar-refractivity contribution in [3.8, 4) is 0 Å². The highest BCUT2D eigenvalue weighted by Crippen LogP contribution is 2.33. The monoisotopic (exact) mass is 322 g/mol. The van der Waals surface area contributed by atoms with Crippen LogP contribution in [0.15, 0.2) is 18.2 Å². The summed E-state index contributed by atoms with van der Waals surface area (Å²) in [7, 11) is -2.98. The van der Waals surface area contributed by atoms with Gasteiger partial charge in [-0.3, -0.25) is 4.90 Å². The molecule has 2 aliphatic heterocycles. The van der Waals surface area contributed by atoms with E-state index in [1.165, 1.54) is 16.8 Å². The molecule has 5 heteroatoms. The SMILES string of the molecule is CCC1(CC)CN(Cc2cccc3c2NCC3)CCS1(=O)=O. The fraction of sp³-hybridized carbons (Fsp3) is 0.647. The third kappa shape index (κ3) is 2.54. The summed E-state index contributed by atoms with van der Waals surface area (Å²) in [6.07, 6.45) is 2.49. The summed E-state index contributed by atoms with van der Waals surface area (Å²) in [5, 5.41) is 3.48. The molecule has 122 valence electrons. The van der Waals surface area contributed by atoms with Crippen LogP contribution in [0.5, 0.6) is 0 Å². The Bertz CT molecular complexity index is 651. The van der Waals surface area contributed by atoms with Crippen molar-refractivity contribution in [2.75, 3.05) is 30.7 Å². The Morgan fingerprint density at radius 1 is 1.27 bits per heavy atom. The van der Waals surface area contributed by atoms with Crippen LogP contribution in [-0.2, 0) is 22.8 Å². The number of fused-ring (bicyclic) bond motifs is 1. The minimum Gasteiger partial charge on any atom is -0.384 e. The van der Waals surface area contributed by atoms with Crippen molar-refractivity contribution in [2.45, 2.75) is 44.4 Å². The minimum atomic E-state index is -2.98. The lowest BCUT2D eigenvalue weighted by Crippen LogP contribution is -2.55. The summed E-state index contributed by atoms with van der Waals surface area (Å²) in [6, 6.07) is 6.47. The molecule has 0 atom stereocenters. The minimum absolute atomic E-state index is 0.289. The molecule has 3 rings (SSSR count). The Morgan fingerprint density at radius 2 is 2.05 bits per heavy atom. The van der Waals surface area contributed by atoms with Gasteiger partial charge < -0.3 is 5.32 Å². The number of hydrogen-bond acceptors (Lipinski definition) is 4. The van der Waals surface area contributed by atoms with Gasteiger partial charge in [0.1, 0.15) is 0 Å². The van der Waals surface area contributed by atoms with Crippen molar-refractivity contribution in [1.82, 2.24) is 4.90 Å². The molecular weight excluding hydrogens is 296 g/mol. The highest BCUT2D eigenvalue weighted by molar-refractivity contribution is 7.92. The Balaban J connectivity index is 1.82. The first-order valence-corrected chi connectivity index (χ1v) is 9.96. The second-order valence-corrected chi connectivity index (χ2v) is 9.05. The van der Waals surface area contributed by atoms with Gasteiger partial charge in [-0.25, -0.2) is 8.42 Å². The van der Waals surface area contributed by atoms with Crippen LogP contribution in [0.4, 0.5) is 5.69 Å². The molecule has 0 aromatic heterocycles. The number of para-hydroxylation sites is 1. The van der Waals surface area contributed by atoms with Gasteiger partial charge in [-0.15, -0.1) is 0 Å². The van der Waals surface area contributed by atoms with Crippen molar-refractivity contribution in [3.63, 3.8) is 0 Å². The van der Waals surface area contributed by atoms with Gasteiger partial charge in [0.05, 0.1) is 10.5 Å². The van der Waals surface area contributed by atoms with Crippen molar-refractivity contribution < 1.29 is 8.42 Å². The van der Waals surface area contributed by atoms with E-state index in [0.29, 0.717) is 25.9 Å². The number of nitrogens with zero attached hydrogens (tertiary/aromatic N) is 1. The summed E-state index contributed by atoms with van der Waals surface area (Å²) in [4.78, 5) is 2.32. The molecule has 1 aromatic carbocycles. The molecule has 0 amide bonds. The lowest BCUT2D eigenvalue weighted by molar-refractivity contribution is 0.222. The molecule has 22 heavy (non-hydrogen) atoms. The van der Waals surface area contributed by atoms with Crippen LogP contribution in [-0.4, -0.2) is 43.5 Å². The summed E-state index contributed by atoms with van der Waals surface area (Å²) in [5.41, 5.74) is 3.96. The third-order valence-electron chi connectivity index (χ3n) is 5.46. The summed E-state index contributed by atoms with van der Waals surface area (Å²) in [5.74, 6) is 0.289. The Morgan fingerprint density at radius 3 is 2.77 bits per heavy atom. The molecule has 1 fully saturated rings. The molecule has 2 aliphatic rings. The smallest absolute Gasteiger partial charge is 0.158 e. The summed E-state index contributed by atoms with van der Waals surface area (Å²) < 4.78 is 24.5. The fourth-order valence-corrected chi connectivity index (χ4v) is 6.07. The van der Waals surface area contributed by atoms with E-state index >= 15 is 0 Å². The van der Waals surface area contributed by atoms with Gasteiger partial charge in [0.25, 0.3) is 0 Å². The van der Waals surface area contributed by atoms with Crippen LogP contribution in [0.1, 0.15) is 37.8 Å². The molecule has 1 N–H and O–H groups in total. The van der Waals surface area contributed by atoms with Crippen LogP contribution in [0.2, 0.25) is 0 Å². The summed E-state index contributed by atoms with van der Waals surface area (Å²) in [6.45, 7) is 7.17. The molecule has 0 aliphatic carbocycles. The van der Waals surface area contributed by atoms with Gasteiger partial charge >= 0.3 is 0 Å². The van der Waals surface area contributed by atoms with E-state index in [2.05, 4.69) is 28.4 Å². The Hall–Kier alpha value is -1.07. The highest BCUT2D eigenvalue weighted by atomic mass is 32.2. The number of anilines is 1. The van der Waals surface area contributed by atoms with Crippen molar-refractivity contribution in [1.29, 1.82) is 0 Å². The normalized spacial score (nSPS) is 23.0. The van der Waals surface area contributed by atoms with E-state index in [-0.39, 0.29) is 5.75 Å². The molecule has 1 aromatic rings. The number of sulfone groups is 1. The highest BCUT2D eigenvalue weighted by Gasteiger charge is 2.45. The van der Waals surface area contributed by atoms with E-state index in [4.69, 9.17) is 0 Å². The maximum Gasteiger partial charge on any atom is 0.158 e. The van der Waals surface area contributed by atoms with Crippen LogP contribution >= 0.6 is 0 Å². The van der Waals surface area contributed by atoms with Gasteiger partial charge in [0, 0.05) is 31.9 Å². The molecule has 0 unspecified atom stereocenters. The molecule has 2 heterocycles. The third-order valence-corrected chi connectivity index (χ3v) is 8.21. The van der Waals surface area contributed by atoms with Crippen LogP contribution in [0.3, 0.4) is 0 Å². The number of benzene rings is 1. The first-order valence-electron chi connectivity index (χ1n) is 8.30. The van der Waals surface area contributed by atoms with E-state index in [9.17, 15) is 8.42 Å².